The van der Waals surface area contributed by atoms with Crippen LogP contribution in [0.2, 0.25) is 0 Å². The predicted molar refractivity (Wildman–Crippen MR) is 57.6 cm³/mol. The summed E-state index contributed by atoms with van der Waals surface area (Å²) < 4.78 is 1.09. The maximum absolute atomic E-state index is 8.78. The van der Waals surface area contributed by atoms with Crippen molar-refractivity contribution in [2.45, 2.75) is 19.4 Å². The van der Waals surface area contributed by atoms with Crippen molar-refractivity contribution in [1.82, 2.24) is 0 Å². The summed E-state index contributed by atoms with van der Waals surface area (Å²) in [5, 5.41) is 8.78. The molecule has 0 aliphatic heterocycles. The van der Waals surface area contributed by atoms with E-state index in [1.54, 1.807) is 0 Å². The quantitative estimate of drug-likeness (QED) is 0.848. The van der Waals surface area contributed by atoms with E-state index in [2.05, 4.69) is 15.9 Å². The summed E-state index contributed by atoms with van der Waals surface area (Å²) in [6.07, 6.45) is 0.718. The maximum atomic E-state index is 8.78. The van der Waals surface area contributed by atoms with Crippen LogP contribution in [0, 0.1) is 6.92 Å². The monoisotopic (exact) mass is 243 g/mol. The predicted octanol–water partition coefficient (Wildman–Crippen LogP) is 1.62. The number of aliphatic hydroxyl groups is 1. The molecule has 0 fully saturated rings. The first-order chi connectivity index (χ1) is 6.13. The molecule has 13 heavy (non-hydrogen) atoms. The van der Waals surface area contributed by atoms with Crippen LogP contribution in [0.25, 0.3) is 0 Å². The molecule has 0 radical (unpaired) electrons. The first kappa shape index (κ1) is 10.7. The van der Waals surface area contributed by atoms with Crippen molar-refractivity contribution in [1.29, 1.82) is 0 Å². The molecule has 0 saturated heterocycles. The first-order valence-electron chi connectivity index (χ1n) is 4.25. The van der Waals surface area contributed by atoms with Crippen molar-refractivity contribution in [2.75, 3.05) is 6.61 Å². The van der Waals surface area contributed by atoms with Gasteiger partial charge in [0.25, 0.3) is 0 Å². The van der Waals surface area contributed by atoms with E-state index >= 15 is 0 Å². The van der Waals surface area contributed by atoms with Gasteiger partial charge in [-0.1, -0.05) is 28.1 Å². The summed E-state index contributed by atoms with van der Waals surface area (Å²) in [5.41, 5.74) is 7.99. The van der Waals surface area contributed by atoms with Gasteiger partial charge in [0.15, 0.2) is 0 Å². The molecule has 1 unspecified atom stereocenters. The molecule has 72 valence electrons. The summed E-state index contributed by atoms with van der Waals surface area (Å²) in [6.45, 7) is 2.07. The lowest BCUT2D eigenvalue weighted by molar-refractivity contribution is 0.265. The fraction of sp³-hybridized carbons (Fsp3) is 0.400. The number of benzene rings is 1. The van der Waals surface area contributed by atoms with E-state index < -0.39 is 0 Å². The highest BCUT2D eigenvalue weighted by Crippen LogP contribution is 2.18. The average Bonchev–Trinajstić information content (AvgIpc) is 2.11. The SMILES string of the molecule is Cc1ccc(CC(N)CO)cc1Br. The lowest BCUT2D eigenvalue weighted by Crippen LogP contribution is -2.26. The zero-order valence-corrected chi connectivity index (χ0v) is 9.21. The normalized spacial score (nSPS) is 12.9. The third kappa shape index (κ3) is 3.10. The Kier molecular flexibility index (Phi) is 3.90. The topological polar surface area (TPSA) is 46.2 Å². The van der Waals surface area contributed by atoms with Crippen molar-refractivity contribution >= 4 is 15.9 Å². The number of aryl methyl sites for hydroxylation is 1. The van der Waals surface area contributed by atoms with E-state index in [-0.39, 0.29) is 12.6 Å². The minimum absolute atomic E-state index is 0.0332. The molecule has 1 aromatic rings. The fourth-order valence-electron chi connectivity index (χ4n) is 1.13. The van der Waals surface area contributed by atoms with Crippen LogP contribution in [0.1, 0.15) is 11.1 Å². The minimum Gasteiger partial charge on any atom is -0.395 e. The van der Waals surface area contributed by atoms with Gasteiger partial charge in [0.05, 0.1) is 6.61 Å². The molecule has 0 heterocycles. The summed E-state index contributed by atoms with van der Waals surface area (Å²) in [7, 11) is 0. The van der Waals surface area contributed by atoms with E-state index in [0.29, 0.717) is 0 Å². The van der Waals surface area contributed by atoms with Gasteiger partial charge < -0.3 is 10.8 Å². The first-order valence-corrected chi connectivity index (χ1v) is 5.04. The van der Waals surface area contributed by atoms with Crippen LogP contribution in [0.15, 0.2) is 22.7 Å². The Labute approximate surface area is 86.9 Å². The van der Waals surface area contributed by atoms with E-state index in [0.717, 1.165) is 16.5 Å². The van der Waals surface area contributed by atoms with Crippen molar-refractivity contribution < 1.29 is 5.11 Å². The Morgan fingerprint density at radius 2 is 2.23 bits per heavy atom. The summed E-state index contributed by atoms with van der Waals surface area (Å²) >= 11 is 3.45. The second kappa shape index (κ2) is 4.74. The molecule has 1 aromatic carbocycles. The molecular weight excluding hydrogens is 230 g/mol. The molecule has 0 aliphatic carbocycles. The van der Waals surface area contributed by atoms with Crippen LogP contribution in [0.3, 0.4) is 0 Å². The van der Waals surface area contributed by atoms with Crippen LogP contribution < -0.4 is 5.73 Å². The molecule has 0 amide bonds. The number of aliphatic hydroxyl groups excluding tert-OH is 1. The minimum atomic E-state index is -0.158. The fourth-order valence-corrected chi connectivity index (χ4v) is 1.56. The highest BCUT2D eigenvalue weighted by molar-refractivity contribution is 9.10. The number of rotatable bonds is 3. The van der Waals surface area contributed by atoms with Gasteiger partial charge in [-0.25, -0.2) is 0 Å². The van der Waals surface area contributed by atoms with Gasteiger partial charge in [0, 0.05) is 10.5 Å². The van der Waals surface area contributed by atoms with Crippen LogP contribution in [-0.2, 0) is 6.42 Å². The van der Waals surface area contributed by atoms with Crippen molar-refractivity contribution in [2.24, 2.45) is 5.73 Å². The highest BCUT2D eigenvalue weighted by Gasteiger charge is 2.03. The standard InChI is InChI=1S/C10H14BrNO/c1-7-2-3-8(5-10(7)11)4-9(12)6-13/h2-3,5,9,13H,4,6,12H2,1H3. The average molecular weight is 244 g/mol. The third-order valence-electron chi connectivity index (χ3n) is 1.97. The van der Waals surface area contributed by atoms with Gasteiger partial charge in [0.2, 0.25) is 0 Å². The van der Waals surface area contributed by atoms with Gasteiger partial charge in [-0.15, -0.1) is 0 Å². The molecule has 0 saturated carbocycles. The molecule has 1 rings (SSSR count). The maximum Gasteiger partial charge on any atom is 0.0585 e. The molecule has 0 aliphatic rings. The van der Waals surface area contributed by atoms with E-state index in [4.69, 9.17) is 10.8 Å². The van der Waals surface area contributed by atoms with Gasteiger partial charge >= 0.3 is 0 Å². The Hall–Kier alpha value is -0.380. The van der Waals surface area contributed by atoms with E-state index in [1.165, 1.54) is 5.56 Å². The summed E-state index contributed by atoms with van der Waals surface area (Å²) in [6, 6.07) is 5.97. The molecular formula is C10H14BrNO. The number of hydrogen-bond acceptors (Lipinski definition) is 2. The zero-order chi connectivity index (χ0) is 9.84. The molecule has 0 spiro atoms. The second-order valence-electron chi connectivity index (χ2n) is 3.23. The van der Waals surface area contributed by atoms with Crippen LogP contribution in [-0.4, -0.2) is 17.8 Å². The molecule has 0 bridgehead atoms. The smallest absolute Gasteiger partial charge is 0.0585 e. The summed E-state index contributed by atoms with van der Waals surface area (Å²) in [5.74, 6) is 0. The van der Waals surface area contributed by atoms with E-state index in [1.807, 2.05) is 25.1 Å². The Morgan fingerprint density at radius 1 is 1.54 bits per heavy atom. The van der Waals surface area contributed by atoms with Gasteiger partial charge in [-0.05, 0) is 30.5 Å². The number of halogens is 1. The zero-order valence-electron chi connectivity index (χ0n) is 7.63. The Balaban J connectivity index is 2.73. The summed E-state index contributed by atoms with van der Waals surface area (Å²) in [4.78, 5) is 0. The number of hydrogen-bond donors (Lipinski definition) is 2. The van der Waals surface area contributed by atoms with Crippen molar-refractivity contribution in [3.8, 4) is 0 Å². The molecule has 2 nitrogen and oxygen atoms in total. The largest absolute Gasteiger partial charge is 0.395 e. The van der Waals surface area contributed by atoms with Gasteiger partial charge in [0.1, 0.15) is 0 Å². The molecule has 3 N–H and O–H groups in total. The Morgan fingerprint density at radius 3 is 2.77 bits per heavy atom. The Bertz CT molecular complexity index is 288. The lowest BCUT2D eigenvalue weighted by Gasteiger charge is -2.08. The second-order valence-corrected chi connectivity index (χ2v) is 4.08. The van der Waals surface area contributed by atoms with Crippen molar-refractivity contribution in [3.05, 3.63) is 33.8 Å². The highest BCUT2D eigenvalue weighted by atomic mass is 79.9. The van der Waals surface area contributed by atoms with Crippen LogP contribution in [0.4, 0.5) is 0 Å². The third-order valence-corrected chi connectivity index (χ3v) is 2.82. The van der Waals surface area contributed by atoms with Crippen LogP contribution >= 0.6 is 15.9 Å². The van der Waals surface area contributed by atoms with Gasteiger partial charge in [-0.3, -0.25) is 0 Å². The van der Waals surface area contributed by atoms with Crippen molar-refractivity contribution in [3.63, 3.8) is 0 Å². The lowest BCUT2D eigenvalue weighted by atomic mass is 10.1. The molecule has 0 aromatic heterocycles. The number of nitrogens with two attached hydrogens (primary N) is 1. The molecule has 1 atom stereocenters. The molecule has 3 heteroatoms. The van der Waals surface area contributed by atoms with E-state index in [9.17, 15) is 0 Å². The van der Waals surface area contributed by atoms with Crippen LogP contribution in [0.5, 0.6) is 0 Å². The van der Waals surface area contributed by atoms with Gasteiger partial charge in [-0.2, -0.15) is 0 Å².